The van der Waals surface area contributed by atoms with Crippen LogP contribution in [-0.2, 0) is 17.7 Å². The zero-order valence-electron chi connectivity index (χ0n) is 13.2. The van der Waals surface area contributed by atoms with Crippen LogP contribution in [-0.4, -0.2) is 89.1 Å². The van der Waals surface area contributed by atoms with Gasteiger partial charge in [-0.2, -0.15) is 0 Å². The lowest BCUT2D eigenvalue weighted by molar-refractivity contribution is -0.0486. The molecule has 0 aromatic rings. The van der Waals surface area contributed by atoms with Crippen molar-refractivity contribution in [1.82, 2.24) is 0 Å². The normalized spacial score (nSPS) is 51.1. The molecular formula is C12H12F10O4S2. The van der Waals surface area contributed by atoms with Crippen LogP contribution in [0.15, 0.2) is 0 Å². The molecule has 166 valence electrons. The second kappa shape index (κ2) is 7.47. The molecule has 0 spiro atoms. The van der Waals surface area contributed by atoms with E-state index in [1.54, 1.807) is 0 Å². The fourth-order valence-electron chi connectivity index (χ4n) is 3.08. The molecule has 0 bridgehead atoms. The molecule has 0 aromatic heterocycles. The molecule has 2 aliphatic rings. The van der Waals surface area contributed by atoms with Crippen LogP contribution in [0.4, 0.5) is 43.9 Å². The lowest BCUT2D eigenvalue weighted by Crippen LogP contribution is -2.64. The number of halogens is 10. The minimum absolute atomic E-state index is 3.52. The van der Waals surface area contributed by atoms with Crippen molar-refractivity contribution in [1.29, 1.82) is 0 Å². The fraction of sp³-hybridized carbons (Fsp3) is 1.00. The molecule has 8 unspecified atom stereocenters. The average Bonchev–Trinajstić information content (AvgIpc) is 2.61. The zero-order chi connectivity index (χ0) is 21.9. The molecule has 0 aromatic carbocycles. The van der Waals surface area contributed by atoms with Crippen LogP contribution in [0.2, 0.25) is 0 Å². The van der Waals surface area contributed by atoms with E-state index in [0.29, 0.717) is 0 Å². The third-order valence-electron chi connectivity index (χ3n) is 4.68. The van der Waals surface area contributed by atoms with Gasteiger partial charge in [-0.25, -0.2) is 60.7 Å². The smallest absolute Gasteiger partial charge is 0.243 e. The van der Waals surface area contributed by atoms with E-state index in [2.05, 4.69) is 0 Å². The average molecular weight is 474 g/mol. The Bertz CT molecular complexity index is 696. The van der Waals surface area contributed by atoms with Crippen LogP contribution < -0.4 is 0 Å². The fourth-order valence-corrected chi connectivity index (χ4v) is 8.70. The second-order valence-corrected chi connectivity index (χ2v) is 12.2. The lowest BCUT2D eigenvalue weighted by Gasteiger charge is -2.38. The van der Waals surface area contributed by atoms with Crippen LogP contribution in [0.1, 0.15) is 0 Å². The quantitative estimate of drug-likeness (QED) is 0.463. The van der Waals surface area contributed by atoms with Crippen molar-refractivity contribution in [2.45, 2.75) is 72.2 Å². The predicted octanol–water partition coefficient (Wildman–Crippen LogP) is 1.88. The Hall–Kier alpha value is -0.800. The predicted molar refractivity (Wildman–Crippen MR) is 74.4 cm³/mol. The van der Waals surface area contributed by atoms with E-state index in [1.165, 1.54) is 0 Å². The Morgan fingerprint density at radius 3 is 0.643 bits per heavy atom. The van der Waals surface area contributed by atoms with Crippen molar-refractivity contribution in [3.05, 3.63) is 0 Å². The summed E-state index contributed by atoms with van der Waals surface area (Å²) in [6.45, 7) is 0. The minimum Gasteiger partial charge on any atom is -0.243 e. The maximum Gasteiger partial charge on any atom is 0.262 e. The largest absolute Gasteiger partial charge is 0.262 e. The van der Waals surface area contributed by atoms with E-state index >= 15 is 0 Å². The number of hydrogen-bond donors (Lipinski definition) is 0. The molecular weight excluding hydrogens is 462 g/mol. The highest BCUT2D eigenvalue weighted by Gasteiger charge is 2.66. The molecule has 0 N–H and O–H groups in total. The minimum atomic E-state index is -6.64. The summed E-state index contributed by atoms with van der Waals surface area (Å²) >= 11 is 0. The van der Waals surface area contributed by atoms with Crippen molar-refractivity contribution in [3.63, 3.8) is 0 Å². The van der Waals surface area contributed by atoms with Gasteiger partial charge in [0.1, 0.15) is 10.5 Å². The summed E-state index contributed by atoms with van der Waals surface area (Å²) in [4.78, 5) is 0. The zero-order valence-corrected chi connectivity index (χ0v) is 14.8. The number of rotatable bonds is 3. The molecule has 0 heterocycles. The van der Waals surface area contributed by atoms with Crippen LogP contribution in [0.3, 0.4) is 0 Å². The number of alkyl halides is 10. The summed E-state index contributed by atoms with van der Waals surface area (Å²) in [5, 5.41) is -7.62. The van der Waals surface area contributed by atoms with E-state index in [4.69, 9.17) is 0 Å². The Labute approximate surface area is 151 Å². The first-order valence-corrected chi connectivity index (χ1v) is 11.1. The molecule has 0 radical (unpaired) electrons. The summed E-state index contributed by atoms with van der Waals surface area (Å²) in [5.74, 6) is 0. The Kier molecular flexibility index (Phi) is 6.26. The van der Waals surface area contributed by atoms with Gasteiger partial charge in [0.15, 0.2) is 61.7 Å². The van der Waals surface area contributed by atoms with Gasteiger partial charge in [-0.05, 0) is 0 Å². The molecule has 0 amide bonds. The summed E-state index contributed by atoms with van der Waals surface area (Å²) in [6, 6.07) is 0. The summed E-state index contributed by atoms with van der Waals surface area (Å²) in [7, 11) is -13.3. The van der Waals surface area contributed by atoms with Crippen LogP contribution in [0.25, 0.3) is 0 Å². The highest BCUT2D eigenvalue weighted by molar-refractivity contribution is 8.67. The van der Waals surface area contributed by atoms with Crippen molar-refractivity contribution >= 4 is 17.7 Å². The summed E-state index contributed by atoms with van der Waals surface area (Å²) < 4.78 is 184. The molecule has 2 fully saturated rings. The SMILES string of the molecule is O=S(=O)(C1C(F)C(F)C(F)C(F)C1F)S(=O)(=O)C1C(F)C(F)C(F)C(F)C1F. The van der Waals surface area contributed by atoms with Crippen molar-refractivity contribution < 1.29 is 60.7 Å². The third kappa shape index (κ3) is 3.17. The molecule has 8 atom stereocenters. The Morgan fingerprint density at radius 1 is 0.321 bits per heavy atom. The maximum absolute atomic E-state index is 13.9. The van der Waals surface area contributed by atoms with E-state index in [1.807, 2.05) is 0 Å². The van der Waals surface area contributed by atoms with Gasteiger partial charge >= 0.3 is 0 Å². The first kappa shape index (κ1) is 23.5. The monoisotopic (exact) mass is 474 g/mol. The topological polar surface area (TPSA) is 68.3 Å². The molecule has 16 heteroatoms. The van der Waals surface area contributed by atoms with Gasteiger partial charge in [-0.1, -0.05) is 0 Å². The van der Waals surface area contributed by atoms with Gasteiger partial charge in [0, 0.05) is 0 Å². The van der Waals surface area contributed by atoms with Crippen LogP contribution in [0, 0.1) is 0 Å². The van der Waals surface area contributed by atoms with E-state index < -0.39 is 90.0 Å². The molecule has 28 heavy (non-hydrogen) atoms. The van der Waals surface area contributed by atoms with Crippen LogP contribution in [0.5, 0.6) is 0 Å². The first-order valence-electron chi connectivity index (χ1n) is 7.49. The van der Waals surface area contributed by atoms with Gasteiger partial charge in [-0.15, -0.1) is 0 Å². The van der Waals surface area contributed by atoms with Gasteiger partial charge in [-0.3, -0.25) is 0 Å². The summed E-state index contributed by atoms with van der Waals surface area (Å²) in [5.41, 5.74) is 0. The first-order chi connectivity index (χ1) is 12.6. The highest BCUT2D eigenvalue weighted by Crippen LogP contribution is 2.42. The van der Waals surface area contributed by atoms with E-state index in [-0.39, 0.29) is 0 Å². The molecule has 2 saturated carbocycles. The van der Waals surface area contributed by atoms with Crippen LogP contribution >= 0.6 is 0 Å². The molecule has 4 nitrogen and oxygen atoms in total. The van der Waals surface area contributed by atoms with Crippen molar-refractivity contribution in [2.24, 2.45) is 0 Å². The van der Waals surface area contributed by atoms with E-state index in [0.717, 1.165) is 0 Å². The van der Waals surface area contributed by atoms with Crippen molar-refractivity contribution in [3.8, 4) is 0 Å². The molecule has 2 aliphatic carbocycles. The number of hydrogen-bond acceptors (Lipinski definition) is 4. The Morgan fingerprint density at radius 2 is 0.464 bits per heavy atom. The molecule has 0 aliphatic heterocycles. The third-order valence-corrected chi connectivity index (χ3v) is 11.0. The standard InChI is InChI=1S/C12H12F10O4S2/c13-1-3(15)7(19)11(8(20)4(1)16)27(23,24)28(25,26)12-9(21)5(17)2(14)6(18)10(12)22/h1-12H. The molecule has 2 rings (SSSR count). The highest BCUT2D eigenvalue weighted by atomic mass is 33.2. The van der Waals surface area contributed by atoms with Gasteiger partial charge < -0.3 is 0 Å². The Balaban J connectivity index is 2.54. The van der Waals surface area contributed by atoms with Gasteiger partial charge in [0.05, 0.1) is 0 Å². The lowest BCUT2D eigenvalue weighted by atomic mass is 9.91. The van der Waals surface area contributed by atoms with E-state index in [9.17, 15) is 60.7 Å². The van der Waals surface area contributed by atoms with Gasteiger partial charge in [0.2, 0.25) is 0 Å². The second-order valence-electron chi connectivity index (χ2n) is 6.36. The molecule has 0 saturated heterocycles. The maximum atomic E-state index is 13.9. The van der Waals surface area contributed by atoms with Crippen molar-refractivity contribution in [2.75, 3.05) is 0 Å². The van der Waals surface area contributed by atoms with Gasteiger partial charge in [0.25, 0.3) is 17.7 Å². The summed E-state index contributed by atoms with van der Waals surface area (Å²) in [6.07, 6.45) is -37.0.